The van der Waals surface area contributed by atoms with Gasteiger partial charge in [-0.3, -0.25) is 0 Å². The standard InChI is InChI=1S/C21H24N2O.C2HF3O2/c1-16-7-9-17(10-8-16)24-14-4-13-23-20-6-3-2-5-18(20)19-11-12-22-15-21(19)23;3-2(4,5)1(6)7/h2-3,5-10,22H,4,11-15H2,1H3;(H,6,7). The lowest BCUT2D eigenvalue weighted by Gasteiger charge is -2.17. The Morgan fingerprint density at radius 2 is 1.84 bits per heavy atom. The van der Waals surface area contributed by atoms with Crippen LogP contribution in [0.3, 0.4) is 0 Å². The summed E-state index contributed by atoms with van der Waals surface area (Å²) in [6, 6.07) is 17.1. The number of carbonyl (C=O) groups is 1. The number of aromatic nitrogens is 1. The van der Waals surface area contributed by atoms with Crippen LogP contribution in [0.15, 0.2) is 48.5 Å². The van der Waals surface area contributed by atoms with Gasteiger partial charge in [0.05, 0.1) is 6.61 Å². The Morgan fingerprint density at radius 3 is 2.52 bits per heavy atom. The van der Waals surface area contributed by atoms with Crippen molar-refractivity contribution in [2.45, 2.75) is 39.0 Å². The number of hydrogen-bond donors (Lipinski definition) is 2. The van der Waals surface area contributed by atoms with E-state index >= 15 is 0 Å². The van der Waals surface area contributed by atoms with Crippen LogP contribution in [0.25, 0.3) is 10.9 Å². The van der Waals surface area contributed by atoms with E-state index in [1.807, 2.05) is 12.1 Å². The lowest BCUT2D eigenvalue weighted by Crippen LogP contribution is -2.25. The predicted molar refractivity (Wildman–Crippen MR) is 112 cm³/mol. The zero-order valence-electron chi connectivity index (χ0n) is 17.2. The van der Waals surface area contributed by atoms with Crippen LogP contribution in [-0.4, -0.2) is 35.0 Å². The molecule has 0 saturated carbocycles. The second-order valence-electron chi connectivity index (χ2n) is 7.34. The van der Waals surface area contributed by atoms with E-state index in [4.69, 9.17) is 14.6 Å². The summed E-state index contributed by atoms with van der Waals surface area (Å²) >= 11 is 0. The lowest BCUT2D eigenvalue weighted by atomic mass is 10.1. The highest BCUT2D eigenvalue weighted by atomic mass is 19.4. The first-order chi connectivity index (χ1) is 14.8. The van der Waals surface area contributed by atoms with Gasteiger partial charge < -0.3 is 19.7 Å². The molecule has 5 nitrogen and oxygen atoms in total. The highest BCUT2D eigenvalue weighted by Crippen LogP contribution is 2.28. The number of nitrogens with zero attached hydrogens (tertiary/aromatic N) is 1. The van der Waals surface area contributed by atoms with E-state index in [9.17, 15) is 13.2 Å². The third kappa shape index (κ3) is 5.79. The molecular formula is C23H25F3N2O3. The largest absolute Gasteiger partial charge is 0.494 e. The SMILES string of the molecule is Cc1ccc(OCCCn2c3c(c4ccccc42)CCNC3)cc1.O=C(O)C(F)(F)F. The number of hydrogen-bond acceptors (Lipinski definition) is 3. The maximum Gasteiger partial charge on any atom is 0.490 e. The van der Waals surface area contributed by atoms with Gasteiger partial charge in [-0.25, -0.2) is 4.79 Å². The summed E-state index contributed by atoms with van der Waals surface area (Å²) in [4.78, 5) is 8.90. The molecule has 0 aliphatic carbocycles. The normalized spacial score (nSPS) is 13.3. The highest BCUT2D eigenvalue weighted by Gasteiger charge is 2.38. The Balaban J connectivity index is 0.000000339. The van der Waals surface area contributed by atoms with Crippen LogP contribution in [0.1, 0.15) is 23.2 Å². The average Bonchev–Trinajstić information content (AvgIpc) is 3.06. The molecule has 0 unspecified atom stereocenters. The second kappa shape index (κ2) is 9.87. The van der Waals surface area contributed by atoms with Gasteiger partial charge in [0.1, 0.15) is 5.75 Å². The highest BCUT2D eigenvalue weighted by molar-refractivity contribution is 5.85. The molecule has 8 heteroatoms. The minimum Gasteiger partial charge on any atom is -0.494 e. The number of aliphatic carboxylic acids is 1. The summed E-state index contributed by atoms with van der Waals surface area (Å²) in [7, 11) is 0. The number of fused-ring (bicyclic) bond motifs is 3. The Kier molecular flexibility index (Phi) is 7.22. The van der Waals surface area contributed by atoms with Gasteiger partial charge in [0.2, 0.25) is 0 Å². The molecule has 31 heavy (non-hydrogen) atoms. The zero-order chi connectivity index (χ0) is 22.4. The van der Waals surface area contributed by atoms with Crippen LogP contribution in [0.2, 0.25) is 0 Å². The number of ether oxygens (including phenoxy) is 1. The van der Waals surface area contributed by atoms with Crippen molar-refractivity contribution in [3.8, 4) is 5.75 Å². The first-order valence-electron chi connectivity index (χ1n) is 10.1. The van der Waals surface area contributed by atoms with Crippen molar-refractivity contribution >= 4 is 16.9 Å². The summed E-state index contributed by atoms with van der Waals surface area (Å²) in [5, 5.41) is 12.1. The van der Waals surface area contributed by atoms with Gasteiger partial charge in [0.15, 0.2) is 0 Å². The maximum absolute atomic E-state index is 10.6. The molecule has 0 amide bonds. The fraction of sp³-hybridized carbons (Fsp3) is 0.348. The van der Waals surface area contributed by atoms with Crippen molar-refractivity contribution in [1.82, 2.24) is 9.88 Å². The van der Waals surface area contributed by atoms with E-state index in [0.29, 0.717) is 0 Å². The molecular weight excluding hydrogens is 409 g/mol. The summed E-state index contributed by atoms with van der Waals surface area (Å²) in [5.74, 6) is -1.80. The molecule has 0 saturated heterocycles. The van der Waals surface area contributed by atoms with E-state index in [2.05, 4.69) is 53.2 Å². The van der Waals surface area contributed by atoms with Crippen molar-refractivity contribution in [2.75, 3.05) is 13.2 Å². The number of benzene rings is 2. The molecule has 0 fully saturated rings. The Bertz CT molecular complexity index is 1030. The van der Waals surface area contributed by atoms with E-state index in [0.717, 1.165) is 44.8 Å². The molecule has 0 spiro atoms. The molecule has 4 rings (SSSR count). The minimum atomic E-state index is -5.08. The molecule has 0 radical (unpaired) electrons. The van der Waals surface area contributed by atoms with Crippen molar-refractivity contribution < 1.29 is 27.8 Å². The van der Waals surface area contributed by atoms with Crippen LogP contribution >= 0.6 is 0 Å². The average molecular weight is 434 g/mol. The number of alkyl halides is 3. The molecule has 1 aromatic heterocycles. The Hall–Kier alpha value is -3.00. The topological polar surface area (TPSA) is 63.5 Å². The summed E-state index contributed by atoms with van der Waals surface area (Å²) in [5.41, 5.74) is 5.61. The first kappa shape index (κ1) is 22.7. The van der Waals surface area contributed by atoms with Gasteiger partial charge in [-0.1, -0.05) is 35.9 Å². The maximum atomic E-state index is 10.6. The van der Waals surface area contributed by atoms with Gasteiger partial charge >= 0.3 is 12.1 Å². The molecule has 2 aromatic carbocycles. The first-order valence-corrected chi connectivity index (χ1v) is 10.1. The monoisotopic (exact) mass is 434 g/mol. The molecule has 1 aliphatic rings. The fourth-order valence-electron chi connectivity index (χ4n) is 3.63. The summed E-state index contributed by atoms with van der Waals surface area (Å²) in [6.45, 7) is 5.90. The molecule has 3 aromatic rings. The van der Waals surface area contributed by atoms with E-state index in [1.54, 1.807) is 0 Å². The minimum absolute atomic E-state index is 0.748. The zero-order valence-corrected chi connectivity index (χ0v) is 17.2. The van der Waals surface area contributed by atoms with Gasteiger partial charge in [0, 0.05) is 29.7 Å². The van der Waals surface area contributed by atoms with E-state index in [-0.39, 0.29) is 0 Å². The van der Waals surface area contributed by atoms with Crippen LogP contribution in [0.5, 0.6) is 5.75 Å². The molecule has 1 aliphatic heterocycles. The van der Waals surface area contributed by atoms with Gasteiger partial charge in [-0.15, -0.1) is 0 Å². The second-order valence-corrected chi connectivity index (χ2v) is 7.34. The quantitative estimate of drug-likeness (QED) is 0.572. The van der Waals surface area contributed by atoms with Gasteiger partial charge in [0.25, 0.3) is 0 Å². The fourth-order valence-corrected chi connectivity index (χ4v) is 3.63. The van der Waals surface area contributed by atoms with Crippen molar-refractivity contribution in [1.29, 1.82) is 0 Å². The molecule has 166 valence electrons. The van der Waals surface area contributed by atoms with Crippen molar-refractivity contribution in [2.24, 2.45) is 0 Å². The smallest absolute Gasteiger partial charge is 0.490 e. The lowest BCUT2D eigenvalue weighted by molar-refractivity contribution is -0.192. The number of nitrogens with one attached hydrogen (secondary N) is 1. The van der Waals surface area contributed by atoms with Crippen LogP contribution < -0.4 is 10.1 Å². The third-order valence-electron chi connectivity index (χ3n) is 5.10. The summed E-state index contributed by atoms with van der Waals surface area (Å²) < 4.78 is 40.1. The van der Waals surface area contributed by atoms with Gasteiger partial charge in [-0.05, 0) is 50.1 Å². The molecule has 0 bridgehead atoms. The molecule has 0 atom stereocenters. The third-order valence-corrected chi connectivity index (χ3v) is 5.10. The van der Waals surface area contributed by atoms with E-state index < -0.39 is 12.1 Å². The Labute approximate surface area is 178 Å². The number of aryl methyl sites for hydroxylation is 2. The van der Waals surface area contributed by atoms with Crippen LogP contribution in [-0.2, 0) is 24.3 Å². The molecule has 2 heterocycles. The van der Waals surface area contributed by atoms with E-state index in [1.165, 1.54) is 27.7 Å². The molecule has 2 N–H and O–H groups in total. The number of para-hydroxylation sites is 1. The number of carboxylic acids is 1. The number of halogens is 3. The number of carboxylic acid groups (broad SMARTS) is 1. The van der Waals surface area contributed by atoms with Crippen LogP contribution in [0.4, 0.5) is 13.2 Å². The van der Waals surface area contributed by atoms with Crippen molar-refractivity contribution in [3.63, 3.8) is 0 Å². The van der Waals surface area contributed by atoms with Crippen molar-refractivity contribution in [3.05, 3.63) is 65.4 Å². The predicted octanol–water partition coefficient (Wildman–Crippen LogP) is 4.70. The van der Waals surface area contributed by atoms with Crippen LogP contribution in [0, 0.1) is 6.92 Å². The summed E-state index contributed by atoms with van der Waals surface area (Å²) in [6.07, 6.45) is -2.94. The Morgan fingerprint density at radius 1 is 1.16 bits per heavy atom. The number of rotatable bonds is 5. The van der Waals surface area contributed by atoms with Gasteiger partial charge in [-0.2, -0.15) is 13.2 Å².